The van der Waals surface area contributed by atoms with E-state index in [4.69, 9.17) is 4.74 Å². The Morgan fingerprint density at radius 2 is 1.95 bits per heavy atom. The molecule has 1 aliphatic rings. The summed E-state index contributed by atoms with van der Waals surface area (Å²) in [4.78, 5) is 11.8. The normalized spacial score (nSPS) is 23.8. The van der Waals surface area contributed by atoms with Crippen LogP contribution in [0, 0.1) is 0 Å². The second kappa shape index (κ2) is 7.13. The molecule has 0 radical (unpaired) electrons. The highest BCUT2D eigenvalue weighted by Crippen LogP contribution is 2.22. The zero-order chi connectivity index (χ0) is 16.2. The molecule has 0 saturated heterocycles. The standard InChI is InChI=1S/C16H28N4O2/c1-11(14-9-10-17-20-14)18-12-5-7-13(8-6-12)19-15(21)22-16(2,3)4/h9-13,18H,5-8H2,1-4H3,(H,17,20)(H,19,21). The first-order valence-corrected chi connectivity index (χ1v) is 8.08. The molecule has 1 heterocycles. The molecule has 6 heteroatoms. The maximum Gasteiger partial charge on any atom is 0.407 e. The van der Waals surface area contributed by atoms with Crippen molar-refractivity contribution >= 4 is 6.09 Å². The molecular weight excluding hydrogens is 280 g/mol. The number of hydrogen-bond donors (Lipinski definition) is 3. The van der Waals surface area contributed by atoms with Crippen molar-refractivity contribution in [2.24, 2.45) is 0 Å². The van der Waals surface area contributed by atoms with Gasteiger partial charge in [-0.1, -0.05) is 0 Å². The second-order valence-electron chi connectivity index (χ2n) is 7.10. The monoisotopic (exact) mass is 308 g/mol. The van der Waals surface area contributed by atoms with Crippen LogP contribution in [-0.2, 0) is 4.74 Å². The Hall–Kier alpha value is -1.56. The van der Waals surface area contributed by atoms with E-state index in [1.165, 1.54) is 0 Å². The molecule has 0 aliphatic heterocycles. The van der Waals surface area contributed by atoms with E-state index in [1.54, 1.807) is 6.20 Å². The number of nitrogens with zero attached hydrogens (tertiary/aromatic N) is 1. The summed E-state index contributed by atoms with van der Waals surface area (Å²) in [5, 5.41) is 13.6. The lowest BCUT2D eigenvalue weighted by molar-refractivity contribution is 0.0489. The molecule has 1 unspecified atom stereocenters. The van der Waals surface area contributed by atoms with Gasteiger partial charge in [0.05, 0.1) is 5.69 Å². The summed E-state index contributed by atoms with van der Waals surface area (Å²) in [5.41, 5.74) is 0.663. The Morgan fingerprint density at radius 3 is 2.50 bits per heavy atom. The van der Waals surface area contributed by atoms with E-state index < -0.39 is 5.60 Å². The van der Waals surface area contributed by atoms with Crippen LogP contribution in [0.4, 0.5) is 4.79 Å². The summed E-state index contributed by atoms with van der Waals surface area (Å²) in [5.74, 6) is 0. The molecular formula is C16H28N4O2. The molecule has 2 rings (SSSR count). The lowest BCUT2D eigenvalue weighted by atomic mass is 9.90. The Labute approximate surface area is 132 Å². The lowest BCUT2D eigenvalue weighted by Gasteiger charge is -2.32. The second-order valence-corrected chi connectivity index (χ2v) is 7.10. The van der Waals surface area contributed by atoms with Crippen LogP contribution in [0.5, 0.6) is 0 Å². The molecule has 1 aromatic rings. The molecule has 22 heavy (non-hydrogen) atoms. The van der Waals surface area contributed by atoms with Crippen LogP contribution >= 0.6 is 0 Å². The van der Waals surface area contributed by atoms with E-state index in [0.29, 0.717) is 6.04 Å². The maximum atomic E-state index is 11.8. The van der Waals surface area contributed by atoms with E-state index in [1.807, 2.05) is 26.8 Å². The fourth-order valence-corrected chi connectivity index (χ4v) is 2.83. The van der Waals surface area contributed by atoms with Crippen molar-refractivity contribution in [3.05, 3.63) is 18.0 Å². The number of alkyl carbamates (subject to hydrolysis) is 1. The van der Waals surface area contributed by atoms with Gasteiger partial charge in [-0.05, 0) is 59.4 Å². The average Bonchev–Trinajstić information content (AvgIpc) is 2.92. The van der Waals surface area contributed by atoms with Crippen molar-refractivity contribution < 1.29 is 9.53 Å². The van der Waals surface area contributed by atoms with Crippen LogP contribution in [0.2, 0.25) is 0 Å². The van der Waals surface area contributed by atoms with Gasteiger partial charge in [0.1, 0.15) is 5.60 Å². The Kier molecular flexibility index (Phi) is 5.45. The van der Waals surface area contributed by atoms with E-state index >= 15 is 0 Å². The topological polar surface area (TPSA) is 79.0 Å². The highest BCUT2D eigenvalue weighted by Gasteiger charge is 2.25. The first-order valence-electron chi connectivity index (χ1n) is 8.08. The number of ether oxygens (including phenoxy) is 1. The summed E-state index contributed by atoms with van der Waals surface area (Å²) in [6, 6.07) is 2.96. The molecule has 1 fully saturated rings. The first-order chi connectivity index (χ1) is 10.3. The molecule has 0 aromatic carbocycles. The highest BCUT2D eigenvalue weighted by atomic mass is 16.6. The molecule has 0 spiro atoms. The minimum absolute atomic E-state index is 0.218. The Morgan fingerprint density at radius 1 is 1.32 bits per heavy atom. The summed E-state index contributed by atoms with van der Waals surface area (Å²) in [6.45, 7) is 7.78. The maximum absolute atomic E-state index is 11.8. The molecule has 1 saturated carbocycles. The first kappa shape index (κ1) is 16.8. The van der Waals surface area contributed by atoms with Gasteiger partial charge >= 0.3 is 6.09 Å². The smallest absolute Gasteiger partial charge is 0.407 e. The van der Waals surface area contributed by atoms with Gasteiger partial charge in [0.15, 0.2) is 0 Å². The zero-order valence-electron chi connectivity index (χ0n) is 14.0. The number of carbonyl (C=O) groups is 1. The molecule has 6 nitrogen and oxygen atoms in total. The fourth-order valence-electron chi connectivity index (χ4n) is 2.83. The summed E-state index contributed by atoms with van der Waals surface area (Å²) < 4.78 is 5.30. The predicted molar refractivity (Wildman–Crippen MR) is 85.6 cm³/mol. The largest absolute Gasteiger partial charge is 0.444 e. The van der Waals surface area contributed by atoms with E-state index in [0.717, 1.165) is 31.4 Å². The van der Waals surface area contributed by atoms with Crippen LogP contribution < -0.4 is 10.6 Å². The molecule has 3 N–H and O–H groups in total. The summed E-state index contributed by atoms with van der Waals surface area (Å²) >= 11 is 0. The van der Waals surface area contributed by atoms with Gasteiger partial charge in [0, 0.05) is 24.3 Å². The van der Waals surface area contributed by atoms with Crippen LogP contribution in [0.25, 0.3) is 0 Å². The number of H-pyrrole nitrogens is 1. The van der Waals surface area contributed by atoms with Crippen LogP contribution in [0.1, 0.15) is 65.1 Å². The Balaban J connectivity index is 1.70. The van der Waals surface area contributed by atoms with Gasteiger partial charge in [0.25, 0.3) is 0 Å². The number of carbonyl (C=O) groups excluding carboxylic acids is 1. The molecule has 1 amide bonds. The van der Waals surface area contributed by atoms with E-state index in [9.17, 15) is 4.79 Å². The van der Waals surface area contributed by atoms with Crippen molar-refractivity contribution in [1.29, 1.82) is 0 Å². The van der Waals surface area contributed by atoms with Crippen molar-refractivity contribution in [3.8, 4) is 0 Å². The zero-order valence-corrected chi connectivity index (χ0v) is 14.0. The molecule has 1 atom stereocenters. The van der Waals surface area contributed by atoms with Crippen molar-refractivity contribution in [1.82, 2.24) is 20.8 Å². The number of hydrogen-bond acceptors (Lipinski definition) is 4. The number of rotatable bonds is 4. The van der Waals surface area contributed by atoms with Crippen LogP contribution in [0.3, 0.4) is 0 Å². The number of aromatic amines is 1. The number of aromatic nitrogens is 2. The predicted octanol–water partition coefficient (Wildman–Crippen LogP) is 2.90. The third-order valence-electron chi connectivity index (χ3n) is 3.92. The van der Waals surface area contributed by atoms with Crippen molar-refractivity contribution in [2.45, 2.75) is 77.1 Å². The molecule has 0 bridgehead atoms. The molecule has 124 valence electrons. The summed E-state index contributed by atoms with van der Waals surface area (Å²) in [6.07, 6.45) is 5.53. The van der Waals surface area contributed by atoms with Gasteiger partial charge in [-0.2, -0.15) is 5.10 Å². The van der Waals surface area contributed by atoms with E-state index in [2.05, 4.69) is 27.8 Å². The minimum atomic E-state index is -0.442. The third-order valence-corrected chi connectivity index (χ3v) is 3.92. The Bertz CT molecular complexity index is 459. The summed E-state index contributed by atoms with van der Waals surface area (Å²) in [7, 11) is 0. The van der Waals surface area contributed by atoms with Gasteiger partial charge in [-0.3, -0.25) is 5.10 Å². The van der Waals surface area contributed by atoms with Gasteiger partial charge < -0.3 is 15.4 Å². The fraction of sp³-hybridized carbons (Fsp3) is 0.750. The minimum Gasteiger partial charge on any atom is -0.444 e. The van der Waals surface area contributed by atoms with Gasteiger partial charge in [-0.15, -0.1) is 0 Å². The van der Waals surface area contributed by atoms with Gasteiger partial charge in [0.2, 0.25) is 0 Å². The van der Waals surface area contributed by atoms with Crippen molar-refractivity contribution in [3.63, 3.8) is 0 Å². The lowest BCUT2D eigenvalue weighted by Crippen LogP contribution is -2.44. The SMILES string of the molecule is CC(NC1CCC(NC(=O)OC(C)(C)C)CC1)c1ccn[nH]1. The highest BCUT2D eigenvalue weighted by molar-refractivity contribution is 5.68. The quantitative estimate of drug-likeness (QED) is 0.799. The number of amides is 1. The molecule has 1 aromatic heterocycles. The van der Waals surface area contributed by atoms with Crippen LogP contribution in [-0.4, -0.2) is 34.0 Å². The third kappa shape index (κ3) is 5.33. The van der Waals surface area contributed by atoms with E-state index in [-0.39, 0.29) is 18.2 Å². The molecule has 1 aliphatic carbocycles. The van der Waals surface area contributed by atoms with Crippen LogP contribution in [0.15, 0.2) is 12.3 Å². The average molecular weight is 308 g/mol. The van der Waals surface area contributed by atoms with Crippen molar-refractivity contribution in [2.75, 3.05) is 0 Å². The van der Waals surface area contributed by atoms with Gasteiger partial charge in [-0.25, -0.2) is 4.79 Å². The number of nitrogens with one attached hydrogen (secondary N) is 3.